The molecule has 230 valence electrons. The Balaban J connectivity index is 0.000000782. The number of nitrogens with zero attached hydrogens (tertiary/aromatic N) is 6. The first-order valence-electron chi connectivity index (χ1n) is 13.5. The number of aromatic nitrogens is 2. The zero-order valence-electron chi connectivity index (χ0n) is 25.2. The van der Waals surface area contributed by atoms with Crippen molar-refractivity contribution in [2.45, 2.75) is 59.4 Å². The zero-order chi connectivity index (χ0) is 31.9. The highest BCUT2D eigenvalue weighted by Crippen LogP contribution is 2.28. The van der Waals surface area contributed by atoms with Gasteiger partial charge in [0.2, 0.25) is 11.7 Å². The van der Waals surface area contributed by atoms with Gasteiger partial charge in [-0.2, -0.15) is 19.0 Å². The summed E-state index contributed by atoms with van der Waals surface area (Å²) >= 11 is 3.47. The molecule has 0 bridgehead atoms. The van der Waals surface area contributed by atoms with Crippen LogP contribution < -0.4 is 10.4 Å². The van der Waals surface area contributed by atoms with Crippen molar-refractivity contribution < 1.29 is 23.5 Å². The number of carbonyl (C=O) groups is 2. The van der Waals surface area contributed by atoms with Crippen LogP contribution in [0.2, 0.25) is 0 Å². The van der Waals surface area contributed by atoms with Crippen LogP contribution in [0.3, 0.4) is 0 Å². The predicted molar refractivity (Wildman–Crippen MR) is 160 cm³/mol. The van der Waals surface area contributed by atoms with E-state index in [0.717, 1.165) is 38.3 Å². The first-order valence-corrected chi connectivity index (χ1v) is 14.3. The van der Waals surface area contributed by atoms with E-state index in [0.29, 0.717) is 23.8 Å². The Hall–Kier alpha value is -3.21. The number of halogens is 3. The molecular weight excluding hydrogens is 612 g/mol. The van der Waals surface area contributed by atoms with Gasteiger partial charge in [-0.3, -0.25) is 20.1 Å². The molecule has 1 aromatic heterocycles. The minimum atomic E-state index is -3.58. The summed E-state index contributed by atoms with van der Waals surface area (Å²) in [6.45, 7) is 16.2. The second-order valence-corrected chi connectivity index (χ2v) is 13.0. The molecule has 1 aliphatic heterocycles. The van der Waals surface area contributed by atoms with Gasteiger partial charge in [0.1, 0.15) is 6.07 Å². The fourth-order valence-corrected chi connectivity index (χ4v) is 4.33. The lowest BCUT2D eigenvalue weighted by molar-refractivity contribution is -0.161. The van der Waals surface area contributed by atoms with Crippen molar-refractivity contribution in [2.75, 3.05) is 44.8 Å². The summed E-state index contributed by atoms with van der Waals surface area (Å²) < 4.78 is 23.1. The number of carboxylic acids is 1. The van der Waals surface area contributed by atoms with Gasteiger partial charge in [0.25, 0.3) is 0 Å². The number of piperazine rings is 1. The first kappa shape index (κ1) is 35.0. The third-order valence-corrected chi connectivity index (χ3v) is 7.13. The summed E-state index contributed by atoms with van der Waals surface area (Å²) in [4.78, 5) is 36.0. The SMILES string of the molecule is CC(F)(F)C(=O)O.CN1CCN(Cc2ccc(C(C)(C)C(=O)NN(CC(C)(C)C)c3nc(C#N)ncc3Br)cc2)CC1. The minimum Gasteiger partial charge on any atom is -0.477 e. The second kappa shape index (κ2) is 14.3. The average molecular weight is 653 g/mol. The molecule has 13 heteroatoms. The van der Waals surface area contributed by atoms with Crippen LogP contribution in [-0.2, 0) is 21.5 Å². The lowest BCUT2D eigenvalue weighted by Crippen LogP contribution is -2.52. The van der Waals surface area contributed by atoms with E-state index in [2.05, 4.69) is 81.1 Å². The summed E-state index contributed by atoms with van der Waals surface area (Å²) in [5.41, 5.74) is 4.33. The van der Waals surface area contributed by atoms with Crippen molar-refractivity contribution in [1.29, 1.82) is 5.26 Å². The molecule has 1 saturated heterocycles. The molecule has 1 aliphatic rings. The maximum Gasteiger partial charge on any atom is 0.374 e. The van der Waals surface area contributed by atoms with Gasteiger partial charge in [0, 0.05) is 52.4 Å². The fraction of sp³-hybridized carbons (Fsp3) is 0.552. The predicted octanol–water partition coefficient (Wildman–Crippen LogP) is 4.45. The maximum absolute atomic E-state index is 13.5. The maximum atomic E-state index is 13.5. The van der Waals surface area contributed by atoms with E-state index in [4.69, 9.17) is 5.11 Å². The normalized spacial score (nSPS) is 14.8. The lowest BCUT2D eigenvalue weighted by atomic mass is 9.83. The molecule has 1 amide bonds. The van der Waals surface area contributed by atoms with Crippen LogP contribution in [0, 0.1) is 16.7 Å². The monoisotopic (exact) mass is 651 g/mol. The van der Waals surface area contributed by atoms with Crippen LogP contribution >= 0.6 is 15.9 Å². The summed E-state index contributed by atoms with van der Waals surface area (Å²) in [5, 5.41) is 18.5. The van der Waals surface area contributed by atoms with Gasteiger partial charge >= 0.3 is 11.9 Å². The van der Waals surface area contributed by atoms with Gasteiger partial charge in [0.05, 0.1) is 9.89 Å². The highest BCUT2D eigenvalue weighted by atomic mass is 79.9. The Labute approximate surface area is 254 Å². The number of hydrogen-bond acceptors (Lipinski definition) is 8. The van der Waals surface area contributed by atoms with Crippen LogP contribution in [0.5, 0.6) is 0 Å². The molecule has 0 spiro atoms. The van der Waals surface area contributed by atoms with Crippen LogP contribution in [0.4, 0.5) is 14.6 Å². The number of anilines is 1. The van der Waals surface area contributed by atoms with Crippen LogP contribution in [-0.4, -0.2) is 82.4 Å². The molecule has 0 atom stereocenters. The number of rotatable bonds is 8. The zero-order valence-corrected chi connectivity index (χ0v) is 26.8. The molecule has 2 N–H and O–H groups in total. The number of hydrogen-bond donors (Lipinski definition) is 2. The molecule has 0 radical (unpaired) electrons. The van der Waals surface area contributed by atoms with E-state index in [9.17, 15) is 23.6 Å². The molecule has 2 aromatic rings. The molecular formula is C29H40BrF2N7O3. The molecule has 2 heterocycles. The van der Waals surface area contributed by atoms with E-state index in [1.807, 2.05) is 32.0 Å². The Kier molecular flexibility index (Phi) is 11.9. The summed E-state index contributed by atoms with van der Waals surface area (Å²) in [6, 6.07) is 10.3. The molecule has 0 saturated carbocycles. The number of aliphatic carboxylic acids is 1. The Morgan fingerprint density at radius 2 is 1.64 bits per heavy atom. The van der Waals surface area contributed by atoms with E-state index >= 15 is 0 Å². The highest BCUT2D eigenvalue weighted by molar-refractivity contribution is 9.10. The first-order chi connectivity index (χ1) is 19.3. The van der Waals surface area contributed by atoms with Gasteiger partial charge in [-0.15, -0.1) is 0 Å². The van der Waals surface area contributed by atoms with E-state index in [-0.39, 0.29) is 17.1 Å². The quantitative estimate of drug-likeness (QED) is 0.398. The molecule has 42 heavy (non-hydrogen) atoms. The summed E-state index contributed by atoms with van der Waals surface area (Å²) in [5.74, 6) is -5.32. The van der Waals surface area contributed by atoms with Gasteiger partial charge in [-0.1, -0.05) is 45.0 Å². The van der Waals surface area contributed by atoms with Gasteiger partial charge in [0.15, 0.2) is 5.82 Å². The van der Waals surface area contributed by atoms with Crippen molar-refractivity contribution >= 4 is 33.6 Å². The molecule has 1 fully saturated rings. The fourth-order valence-electron chi connectivity index (χ4n) is 3.93. The number of carboxylic acid groups (broad SMARTS) is 1. The van der Waals surface area contributed by atoms with Gasteiger partial charge in [-0.25, -0.2) is 9.78 Å². The van der Waals surface area contributed by atoms with Crippen LogP contribution in [0.15, 0.2) is 34.9 Å². The van der Waals surface area contributed by atoms with Crippen LogP contribution in [0.25, 0.3) is 0 Å². The van der Waals surface area contributed by atoms with E-state index < -0.39 is 17.3 Å². The average Bonchev–Trinajstić information content (AvgIpc) is 2.89. The topological polar surface area (TPSA) is 126 Å². The third kappa shape index (κ3) is 10.6. The largest absolute Gasteiger partial charge is 0.477 e. The van der Waals surface area contributed by atoms with E-state index in [1.54, 1.807) is 5.01 Å². The minimum absolute atomic E-state index is 0.0477. The molecule has 10 nitrogen and oxygen atoms in total. The van der Waals surface area contributed by atoms with Crippen molar-refractivity contribution in [1.82, 2.24) is 25.2 Å². The van der Waals surface area contributed by atoms with Crippen molar-refractivity contribution in [3.8, 4) is 6.07 Å². The number of nitrogens with one attached hydrogen (secondary N) is 1. The number of alkyl halides is 2. The second-order valence-electron chi connectivity index (χ2n) is 12.2. The Morgan fingerprint density at radius 3 is 2.12 bits per heavy atom. The van der Waals surface area contributed by atoms with E-state index in [1.165, 1.54) is 11.8 Å². The lowest BCUT2D eigenvalue weighted by Gasteiger charge is -2.34. The van der Waals surface area contributed by atoms with Crippen molar-refractivity contribution in [3.05, 3.63) is 51.9 Å². The third-order valence-electron chi connectivity index (χ3n) is 6.57. The van der Waals surface area contributed by atoms with Crippen molar-refractivity contribution in [2.24, 2.45) is 5.41 Å². The van der Waals surface area contributed by atoms with Gasteiger partial charge in [-0.05, 0) is 53.4 Å². The molecule has 3 rings (SSSR count). The summed E-state index contributed by atoms with van der Waals surface area (Å²) in [7, 11) is 2.16. The number of nitriles is 1. The molecule has 0 unspecified atom stereocenters. The number of hydrazine groups is 1. The standard InChI is InChI=1S/C26H36BrN7O.C3H4F2O2/c1-25(2,3)18-34(23-21(27)16-29-22(15-28)30-23)31-24(35)26(4,5)20-9-7-19(8-10-20)17-33-13-11-32(6)12-14-33;1-3(4,5)2(6)7/h7-10,16H,11-14,17-18H2,1-6H3,(H,31,35);1H3,(H,6,7). The van der Waals surface area contributed by atoms with Crippen molar-refractivity contribution in [3.63, 3.8) is 0 Å². The number of likely N-dealkylation sites (N-methyl/N-ethyl adjacent to an activating group) is 1. The number of benzene rings is 1. The molecule has 1 aromatic carbocycles. The number of amides is 1. The Morgan fingerprint density at radius 1 is 1.10 bits per heavy atom. The smallest absolute Gasteiger partial charge is 0.374 e. The highest BCUT2D eigenvalue weighted by Gasteiger charge is 2.33. The molecule has 0 aliphatic carbocycles. The van der Waals surface area contributed by atoms with Gasteiger partial charge < -0.3 is 10.0 Å². The Bertz CT molecular complexity index is 1260. The van der Waals surface area contributed by atoms with Crippen LogP contribution in [0.1, 0.15) is 58.5 Å². The number of carbonyl (C=O) groups excluding carboxylic acids is 1. The summed E-state index contributed by atoms with van der Waals surface area (Å²) in [6.07, 6.45) is 1.53.